The summed E-state index contributed by atoms with van der Waals surface area (Å²) in [5.41, 5.74) is 1.81. The molecule has 2 nitrogen and oxygen atoms in total. The molecule has 1 fully saturated rings. The summed E-state index contributed by atoms with van der Waals surface area (Å²) in [5.74, 6) is 2.09. The fourth-order valence-electron chi connectivity index (χ4n) is 2.38. The van der Waals surface area contributed by atoms with E-state index in [0.717, 1.165) is 23.2 Å². The van der Waals surface area contributed by atoms with E-state index in [2.05, 4.69) is 9.55 Å². The zero-order chi connectivity index (χ0) is 11.8. The lowest BCUT2D eigenvalue weighted by Crippen LogP contribution is -2.16. The average molecular weight is 268 g/mol. The second-order valence-corrected chi connectivity index (χ2v) is 5.87. The number of aromatic nitrogens is 2. The Labute approximate surface area is 108 Å². The van der Waals surface area contributed by atoms with Gasteiger partial charge < -0.3 is 9.55 Å². The highest BCUT2D eigenvalue weighted by Crippen LogP contribution is 2.30. The Bertz CT molecular complexity index is 596. The number of imidazole rings is 1. The fraction of sp³-hybridized carbons (Fsp3) is 0.417. The van der Waals surface area contributed by atoms with Gasteiger partial charge in [0, 0.05) is 11.8 Å². The minimum Gasteiger partial charge on any atom is -0.331 e. The molecule has 3 rings (SSSR count). The molecule has 1 atom stereocenters. The maximum atomic E-state index is 13.3. The summed E-state index contributed by atoms with van der Waals surface area (Å²) in [7, 11) is 0. The molecule has 1 aliphatic heterocycles. The van der Waals surface area contributed by atoms with Gasteiger partial charge in [-0.25, -0.2) is 4.39 Å². The lowest BCUT2D eigenvalue weighted by atomic mass is 10.2. The van der Waals surface area contributed by atoms with Crippen LogP contribution in [0.15, 0.2) is 18.2 Å². The van der Waals surface area contributed by atoms with Crippen LogP contribution < -0.4 is 0 Å². The maximum Gasteiger partial charge on any atom is 0.178 e. The van der Waals surface area contributed by atoms with Gasteiger partial charge in [0.1, 0.15) is 5.82 Å². The number of H-pyrrole nitrogens is 1. The van der Waals surface area contributed by atoms with E-state index in [0.29, 0.717) is 10.8 Å². The van der Waals surface area contributed by atoms with E-state index >= 15 is 0 Å². The number of hydrogen-bond donors (Lipinski definition) is 1. The van der Waals surface area contributed by atoms with Gasteiger partial charge in [0.05, 0.1) is 11.0 Å². The van der Waals surface area contributed by atoms with E-state index in [1.54, 1.807) is 12.1 Å². The monoisotopic (exact) mass is 268 g/mol. The smallest absolute Gasteiger partial charge is 0.178 e. The highest BCUT2D eigenvalue weighted by molar-refractivity contribution is 7.99. The van der Waals surface area contributed by atoms with Gasteiger partial charge in [0.2, 0.25) is 0 Å². The molecular weight excluding hydrogens is 255 g/mol. The van der Waals surface area contributed by atoms with Gasteiger partial charge in [0.25, 0.3) is 0 Å². The standard InChI is InChI=1S/C12H13FN2S2/c13-8-3-4-10-11(6-8)15(12(16)14-10)9-2-1-5-17-7-9/h3-4,6,9H,1-2,5,7H2,(H,14,16). The van der Waals surface area contributed by atoms with Crippen LogP contribution in [0.5, 0.6) is 0 Å². The summed E-state index contributed by atoms with van der Waals surface area (Å²) in [5, 5.41) is 0. The lowest BCUT2D eigenvalue weighted by Gasteiger charge is -2.23. The Morgan fingerprint density at radius 1 is 1.47 bits per heavy atom. The van der Waals surface area contributed by atoms with Crippen molar-refractivity contribution < 1.29 is 4.39 Å². The van der Waals surface area contributed by atoms with Gasteiger partial charge >= 0.3 is 0 Å². The first-order chi connectivity index (χ1) is 8.25. The molecule has 1 aliphatic rings. The molecule has 90 valence electrons. The second-order valence-electron chi connectivity index (χ2n) is 4.33. The highest BCUT2D eigenvalue weighted by Gasteiger charge is 2.18. The van der Waals surface area contributed by atoms with Crippen molar-refractivity contribution >= 4 is 35.0 Å². The van der Waals surface area contributed by atoms with E-state index < -0.39 is 0 Å². The third-order valence-corrected chi connectivity index (χ3v) is 4.68. The van der Waals surface area contributed by atoms with Gasteiger partial charge in [0.15, 0.2) is 4.77 Å². The third kappa shape index (κ3) is 2.02. The van der Waals surface area contributed by atoms with Crippen LogP contribution in [0.2, 0.25) is 0 Å². The molecule has 0 bridgehead atoms. The number of benzene rings is 1. The van der Waals surface area contributed by atoms with E-state index in [1.165, 1.54) is 18.2 Å². The van der Waals surface area contributed by atoms with E-state index in [1.807, 2.05) is 11.8 Å². The van der Waals surface area contributed by atoms with Crippen molar-refractivity contribution in [1.82, 2.24) is 9.55 Å². The van der Waals surface area contributed by atoms with Crippen molar-refractivity contribution in [1.29, 1.82) is 0 Å². The molecule has 0 radical (unpaired) electrons. The minimum absolute atomic E-state index is 0.205. The molecule has 1 unspecified atom stereocenters. The minimum atomic E-state index is -0.205. The van der Waals surface area contributed by atoms with Gasteiger partial charge in [-0.3, -0.25) is 0 Å². The SMILES string of the molecule is Fc1ccc2[nH]c(=S)n(C3CCCSC3)c2c1. The molecule has 0 spiro atoms. The molecule has 2 heterocycles. The van der Waals surface area contributed by atoms with E-state index in [9.17, 15) is 4.39 Å². The van der Waals surface area contributed by atoms with Crippen molar-refractivity contribution in [2.75, 3.05) is 11.5 Å². The first-order valence-electron chi connectivity index (χ1n) is 5.73. The maximum absolute atomic E-state index is 13.3. The highest BCUT2D eigenvalue weighted by atomic mass is 32.2. The Hall–Kier alpha value is -0.810. The van der Waals surface area contributed by atoms with Crippen LogP contribution in [0, 0.1) is 10.6 Å². The molecule has 2 aromatic rings. The Kier molecular flexibility index (Phi) is 2.96. The van der Waals surface area contributed by atoms with Crippen LogP contribution in [0.4, 0.5) is 4.39 Å². The zero-order valence-corrected chi connectivity index (χ0v) is 10.9. The van der Waals surface area contributed by atoms with Gasteiger partial charge in [-0.1, -0.05) is 0 Å². The molecule has 5 heteroatoms. The van der Waals surface area contributed by atoms with Crippen molar-refractivity contribution in [3.63, 3.8) is 0 Å². The van der Waals surface area contributed by atoms with E-state index in [4.69, 9.17) is 12.2 Å². The first kappa shape index (κ1) is 11.3. The Balaban J connectivity index is 2.16. The summed E-state index contributed by atoms with van der Waals surface area (Å²) in [6.07, 6.45) is 2.34. The second kappa shape index (κ2) is 4.46. The quantitative estimate of drug-likeness (QED) is 0.792. The summed E-state index contributed by atoms with van der Waals surface area (Å²) in [6.45, 7) is 0. The summed E-state index contributed by atoms with van der Waals surface area (Å²) in [6, 6.07) is 5.19. The van der Waals surface area contributed by atoms with Crippen LogP contribution in [0.1, 0.15) is 18.9 Å². The van der Waals surface area contributed by atoms with Crippen molar-refractivity contribution in [3.8, 4) is 0 Å². The molecule has 0 aliphatic carbocycles. The van der Waals surface area contributed by atoms with Crippen LogP contribution in [0.25, 0.3) is 11.0 Å². The van der Waals surface area contributed by atoms with Crippen LogP contribution >= 0.6 is 24.0 Å². The number of aromatic amines is 1. The van der Waals surface area contributed by atoms with E-state index in [-0.39, 0.29) is 5.82 Å². The predicted molar refractivity (Wildman–Crippen MR) is 72.7 cm³/mol. The molecule has 17 heavy (non-hydrogen) atoms. The van der Waals surface area contributed by atoms with Gasteiger partial charge in [-0.05, 0) is 49.0 Å². The summed E-state index contributed by atoms with van der Waals surface area (Å²) >= 11 is 7.30. The van der Waals surface area contributed by atoms with Crippen LogP contribution in [-0.2, 0) is 0 Å². The van der Waals surface area contributed by atoms with Crippen molar-refractivity contribution in [2.45, 2.75) is 18.9 Å². The predicted octanol–water partition coefficient (Wildman–Crippen LogP) is 3.91. The number of fused-ring (bicyclic) bond motifs is 1. The normalized spacial score (nSPS) is 20.9. The van der Waals surface area contributed by atoms with Gasteiger partial charge in [-0.2, -0.15) is 11.8 Å². The molecule has 1 aromatic heterocycles. The molecular formula is C12H13FN2S2. The molecule has 0 amide bonds. The molecule has 1 N–H and O–H groups in total. The number of nitrogens with zero attached hydrogens (tertiary/aromatic N) is 1. The fourth-order valence-corrected chi connectivity index (χ4v) is 3.87. The van der Waals surface area contributed by atoms with Gasteiger partial charge in [-0.15, -0.1) is 0 Å². The largest absolute Gasteiger partial charge is 0.331 e. The topological polar surface area (TPSA) is 20.7 Å². The molecule has 0 saturated carbocycles. The van der Waals surface area contributed by atoms with Crippen LogP contribution in [0.3, 0.4) is 0 Å². The number of halogens is 1. The average Bonchev–Trinajstić information content (AvgIpc) is 2.65. The number of hydrogen-bond acceptors (Lipinski definition) is 2. The lowest BCUT2D eigenvalue weighted by molar-refractivity contribution is 0.505. The zero-order valence-electron chi connectivity index (χ0n) is 9.28. The Morgan fingerprint density at radius 2 is 2.35 bits per heavy atom. The molecule has 1 saturated heterocycles. The first-order valence-corrected chi connectivity index (χ1v) is 7.29. The number of rotatable bonds is 1. The number of nitrogens with one attached hydrogen (secondary N) is 1. The van der Waals surface area contributed by atoms with Crippen molar-refractivity contribution in [3.05, 3.63) is 28.8 Å². The summed E-state index contributed by atoms with van der Waals surface area (Å²) in [4.78, 5) is 3.15. The van der Waals surface area contributed by atoms with Crippen molar-refractivity contribution in [2.24, 2.45) is 0 Å². The number of thioether (sulfide) groups is 1. The van der Waals surface area contributed by atoms with Crippen LogP contribution in [-0.4, -0.2) is 21.1 Å². The summed E-state index contributed by atoms with van der Waals surface area (Å²) < 4.78 is 16.1. The Morgan fingerprint density at radius 3 is 3.12 bits per heavy atom. The third-order valence-electron chi connectivity index (χ3n) is 3.18. The molecule has 1 aromatic carbocycles.